The van der Waals surface area contributed by atoms with Crippen molar-refractivity contribution in [3.05, 3.63) is 58.3 Å². The Morgan fingerprint density at radius 1 is 1.20 bits per heavy atom. The van der Waals surface area contributed by atoms with E-state index in [2.05, 4.69) is 15.9 Å². The van der Waals surface area contributed by atoms with Crippen molar-refractivity contribution in [2.45, 2.75) is 20.0 Å². The van der Waals surface area contributed by atoms with Gasteiger partial charge < -0.3 is 10.0 Å². The molecule has 2 nitrogen and oxygen atoms in total. The maximum Gasteiger partial charge on any atom is 0.146 e. The molecule has 2 aromatic rings. The molecule has 0 saturated heterocycles. The predicted octanol–water partition coefficient (Wildman–Crippen LogP) is 4.80. The number of hydrogen-bond donors (Lipinski definition) is 1. The first-order valence-electron chi connectivity index (χ1n) is 6.54. The molecule has 1 atom stereocenters. The van der Waals surface area contributed by atoms with Crippen molar-refractivity contribution in [3.8, 4) is 0 Å². The lowest BCUT2D eigenvalue weighted by Crippen LogP contribution is -2.18. The Morgan fingerprint density at radius 3 is 2.45 bits per heavy atom. The normalized spacial score (nSPS) is 12.2. The third-order valence-corrected chi connectivity index (χ3v) is 3.84. The van der Waals surface area contributed by atoms with Gasteiger partial charge in [-0.2, -0.15) is 0 Å². The average molecular weight is 338 g/mol. The Balaban J connectivity index is 2.45. The number of anilines is 2. The zero-order valence-electron chi connectivity index (χ0n) is 11.5. The highest BCUT2D eigenvalue weighted by Crippen LogP contribution is 2.34. The van der Waals surface area contributed by atoms with Gasteiger partial charge >= 0.3 is 0 Å². The van der Waals surface area contributed by atoms with Crippen molar-refractivity contribution in [1.82, 2.24) is 0 Å². The molecule has 4 heteroatoms. The minimum absolute atomic E-state index is 0.249. The Kier molecular flexibility index (Phi) is 4.78. The second-order valence-corrected chi connectivity index (χ2v) is 5.44. The zero-order chi connectivity index (χ0) is 14.7. The van der Waals surface area contributed by atoms with Crippen molar-refractivity contribution in [2.24, 2.45) is 0 Å². The summed E-state index contributed by atoms with van der Waals surface area (Å²) in [6, 6.07) is 12.3. The number of aliphatic hydroxyl groups excluding tert-OH is 1. The summed E-state index contributed by atoms with van der Waals surface area (Å²) in [6.07, 6.45) is -0.524. The van der Waals surface area contributed by atoms with Crippen LogP contribution in [0.5, 0.6) is 0 Å². The molecule has 0 fully saturated rings. The van der Waals surface area contributed by atoms with Crippen LogP contribution in [0.3, 0.4) is 0 Å². The van der Waals surface area contributed by atoms with Crippen LogP contribution in [0.15, 0.2) is 46.9 Å². The van der Waals surface area contributed by atoms with E-state index in [1.54, 1.807) is 19.1 Å². The smallest absolute Gasteiger partial charge is 0.146 e. The number of halogens is 2. The van der Waals surface area contributed by atoms with E-state index in [1.807, 2.05) is 36.1 Å². The quantitative estimate of drug-likeness (QED) is 0.866. The van der Waals surface area contributed by atoms with E-state index in [-0.39, 0.29) is 5.82 Å². The topological polar surface area (TPSA) is 23.5 Å². The van der Waals surface area contributed by atoms with Gasteiger partial charge in [-0.3, -0.25) is 0 Å². The lowest BCUT2D eigenvalue weighted by atomic mass is 10.1. The molecule has 20 heavy (non-hydrogen) atoms. The van der Waals surface area contributed by atoms with Gasteiger partial charge in [0, 0.05) is 11.0 Å². The number of benzene rings is 2. The molecule has 1 N–H and O–H groups in total. The molecule has 2 rings (SSSR count). The Morgan fingerprint density at radius 2 is 1.90 bits per heavy atom. The van der Waals surface area contributed by atoms with Gasteiger partial charge in [-0.05, 0) is 59.6 Å². The van der Waals surface area contributed by atoms with Crippen LogP contribution in [0, 0.1) is 5.82 Å². The van der Waals surface area contributed by atoms with Crippen LogP contribution in [-0.4, -0.2) is 11.7 Å². The Hall–Kier alpha value is -1.39. The van der Waals surface area contributed by atoms with Gasteiger partial charge in [0.1, 0.15) is 5.82 Å². The lowest BCUT2D eigenvalue weighted by molar-refractivity contribution is 0.199. The van der Waals surface area contributed by atoms with E-state index < -0.39 is 6.10 Å². The summed E-state index contributed by atoms with van der Waals surface area (Å²) in [6.45, 7) is 4.34. The van der Waals surface area contributed by atoms with Crippen LogP contribution >= 0.6 is 15.9 Å². The highest BCUT2D eigenvalue weighted by atomic mass is 79.9. The molecule has 0 radical (unpaired) electrons. The first-order valence-corrected chi connectivity index (χ1v) is 7.33. The molecule has 0 spiro atoms. The van der Waals surface area contributed by atoms with Crippen LogP contribution in [-0.2, 0) is 0 Å². The molecule has 0 aliphatic rings. The van der Waals surface area contributed by atoms with Crippen LogP contribution in [0.2, 0.25) is 0 Å². The molecule has 106 valence electrons. The Bertz CT molecular complexity index is 601. The molecular formula is C16H17BrFNO. The molecular weight excluding hydrogens is 321 g/mol. The highest BCUT2D eigenvalue weighted by molar-refractivity contribution is 9.10. The van der Waals surface area contributed by atoms with E-state index in [4.69, 9.17) is 0 Å². The number of aliphatic hydroxyl groups is 1. The molecule has 2 aromatic carbocycles. The fraction of sp³-hybridized carbons (Fsp3) is 0.250. The number of nitrogens with zero attached hydrogens (tertiary/aromatic N) is 1. The van der Waals surface area contributed by atoms with Crippen LogP contribution in [0.25, 0.3) is 0 Å². The van der Waals surface area contributed by atoms with Gasteiger partial charge in [-0.15, -0.1) is 0 Å². The summed E-state index contributed by atoms with van der Waals surface area (Å²) >= 11 is 3.50. The summed E-state index contributed by atoms with van der Waals surface area (Å²) in [7, 11) is 0. The van der Waals surface area contributed by atoms with E-state index in [0.29, 0.717) is 12.2 Å². The first-order chi connectivity index (χ1) is 9.54. The fourth-order valence-corrected chi connectivity index (χ4v) is 2.75. The molecule has 0 aliphatic heterocycles. The summed E-state index contributed by atoms with van der Waals surface area (Å²) in [5.74, 6) is -0.249. The third kappa shape index (κ3) is 3.02. The maximum absolute atomic E-state index is 14.0. The second-order valence-electron chi connectivity index (χ2n) is 4.58. The molecule has 0 unspecified atom stereocenters. The minimum atomic E-state index is -0.524. The number of rotatable bonds is 4. The summed E-state index contributed by atoms with van der Waals surface area (Å²) < 4.78 is 14.8. The van der Waals surface area contributed by atoms with Gasteiger partial charge in [-0.25, -0.2) is 4.39 Å². The second kappa shape index (κ2) is 6.37. The van der Waals surface area contributed by atoms with Gasteiger partial charge in [0.25, 0.3) is 0 Å². The molecule has 0 bridgehead atoms. The van der Waals surface area contributed by atoms with Crippen molar-refractivity contribution >= 4 is 27.3 Å². The van der Waals surface area contributed by atoms with E-state index in [0.717, 1.165) is 15.7 Å². The van der Waals surface area contributed by atoms with E-state index in [9.17, 15) is 9.50 Å². The van der Waals surface area contributed by atoms with Gasteiger partial charge in [-0.1, -0.05) is 18.2 Å². The van der Waals surface area contributed by atoms with Crippen LogP contribution in [0.4, 0.5) is 15.8 Å². The summed E-state index contributed by atoms with van der Waals surface area (Å²) in [5.41, 5.74) is 2.24. The number of hydrogen-bond acceptors (Lipinski definition) is 2. The standard InChI is InChI=1S/C16H17BrFNO/c1-3-19(16-7-5-4-6-14(16)18)15-9-8-12(11(2)20)10-13(15)17/h4-11,20H,3H2,1-2H3/t11-/m1/s1. The zero-order valence-corrected chi connectivity index (χ0v) is 13.1. The lowest BCUT2D eigenvalue weighted by Gasteiger charge is -2.25. The van der Waals surface area contributed by atoms with Gasteiger partial charge in [0.05, 0.1) is 17.5 Å². The largest absolute Gasteiger partial charge is 0.389 e. The highest BCUT2D eigenvalue weighted by Gasteiger charge is 2.15. The van der Waals surface area contributed by atoms with Crippen molar-refractivity contribution < 1.29 is 9.50 Å². The van der Waals surface area contributed by atoms with Crippen LogP contribution in [0.1, 0.15) is 25.5 Å². The minimum Gasteiger partial charge on any atom is -0.389 e. The van der Waals surface area contributed by atoms with E-state index >= 15 is 0 Å². The Labute approximate surface area is 127 Å². The maximum atomic E-state index is 14.0. The predicted molar refractivity (Wildman–Crippen MR) is 83.9 cm³/mol. The molecule has 0 amide bonds. The summed E-state index contributed by atoms with van der Waals surface area (Å²) in [4.78, 5) is 1.89. The van der Waals surface area contributed by atoms with Crippen molar-refractivity contribution in [3.63, 3.8) is 0 Å². The van der Waals surface area contributed by atoms with Crippen LogP contribution < -0.4 is 4.90 Å². The van der Waals surface area contributed by atoms with Gasteiger partial charge in [0.2, 0.25) is 0 Å². The number of para-hydroxylation sites is 1. The van der Waals surface area contributed by atoms with Gasteiger partial charge in [0.15, 0.2) is 0 Å². The molecule has 0 saturated carbocycles. The average Bonchev–Trinajstić information content (AvgIpc) is 2.43. The molecule has 0 aliphatic carbocycles. The monoisotopic (exact) mass is 337 g/mol. The van der Waals surface area contributed by atoms with E-state index in [1.165, 1.54) is 6.07 Å². The summed E-state index contributed by atoms with van der Waals surface area (Å²) in [5, 5.41) is 9.60. The third-order valence-electron chi connectivity index (χ3n) is 3.20. The molecule has 0 heterocycles. The van der Waals surface area contributed by atoms with Crippen molar-refractivity contribution in [1.29, 1.82) is 0 Å². The van der Waals surface area contributed by atoms with Crippen molar-refractivity contribution in [2.75, 3.05) is 11.4 Å². The molecule has 0 aromatic heterocycles. The first kappa shape index (κ1) is 15.0. The SMILES string of the molecule is CCN(c1ccccc1F)c1ccc([C@@H](C)O)cc1Br. The fourth-order valence-electron chi connectivity index (χ4n) is 2.14.